The van der Waals surface area contributed by atoms with Crippen molar-refractivity contribution in [3.8, 4) is 39.9 Å². The van der Waals surface area contributed by atoms with E-state index in [9.17, 15) is 5.11 Å². The molecule has 1 heterocycles. The minimum Gasteiger partial charge on any atom is -0.491 e. The Kier molecular flexibility index (Phi) is 7.03. The predicted octanol–water partition coefficient (Wildman–Crippen LogP) is 6.26. The van der Waals surface area contributed by atoms with Crippen LogP contribution in [0.25, 0.3) is 34.2 Å². The Bertz CT molecular complexity index is 1230. The lowest BCUT2D eigenvalue weighted by atomic mass is 10.0. The zero-order valence-electron chi connectivity index (χ0n) is 20.5. The minimum atomic E-state index is -0.469. The standard InChI is InChI=1S/C29H31N3O2/c1-6-23(33)17-34-24-11-9-22(10-12-24)27-30-28(25-13-7-18(2)15-20(25)4)32-29(31-27)26-14-8-19(3)16-21(26)5/h7-16,23,33H,6,17H2,1-5H3. The van der Waals surface area contributed by atoms with Crippen LogP contribution in [0.5, 0.6) is 5.75 Å². The van der Waals surface area contributed by atoms with Crippen molar-refractivity contribution in [2.24, 2.45) is 0 Å². The highest BCUT2D eigenvalue weighted by atomic mass is 16.5. The predicted molar refractivity (Wildman–Crippen MR) is 137 cm³/mol. The van der Waals surface area contributed by atoms with Gasteiger partial charge in [0, 0.05) is 16.7 Å². The number of rotatable bonds is 7. The van der Waals surface area contributed by atoms with Crippen LogP contribution in [-0.2, 0) is 0 Å². The number of aliphatic hydroxyl groups excluding tert-OH is 1. The molecular weight excluding hydrogens is 422 g/mol. The molecule has 0 saturated carbocycles. The van der Waals surface area contributed by atoms with Crippen LogP contribution in [0.3, 0.4) is 0 Å². The van der Waals surface area contributed by atoms with E-state index in [0.29, 0.717) is 29.6 Å². The van der Waals surface area contributed by atoms with Crippen molar-refractivity contribution >= 4 is 0 Å². The van der Waals surface area contributed by atoms with Gasteiger partial charge in [-0.2, -0.15) is 0 Å². The molecule has 0 aliphatic heterocycles. The Morgan fingerprint density at radius 1 is 0.706 bits per heavy atom. The fraction of sp³-hybridized carbons (Fsp3) is 0.276. The van der Waals surface area contributed by atoms with Crippen LogP contribution in [0, 0.1) is 27.7 Å². The quantitative estimate of drug-likeness (QED) is 0.358. The van der Waals surface area contributed by atoms with Gasteiger partial charge in [-0.05, 0) is 69.5 Å². The molecular formula is C29H31N3O2. The van der Waals surface area contributed by atoms with E-state index in [2.05, 4.69) is 64.1 Å². The summed E-state index contributed by atoms with van der Waals surface area (Å²) in [5.41, 5.74) is 7.53. The van der Waals surface area contributed by atoms with E-state index in [1.165, 1.54) is 11.1 Å². The number of hydrogen-bond donors (Lipinski definition) is 1. The normalized spacial score (nSPS) is 11.9. The molecule has 0 aliphatic rings. The smallest absolute Gasteiger partial charge is 0.164 e. The van der Waals surface area contributed by atoms with E-state index in [0.717, 1.165) is 27.8 Å². The van der Waals surface area contributed by atoms with Crippen LogP contribution in [0.15, 0.2) is 60.7 Å². The van der Waals surface area contributed by atoms with Crippen molar-refractivity contribution in [3.63, 3.8) is 0 Å². The first-order chi connectivity index (χ1) is 16.3. The molecule has 5 heteroatoms. The maximum atomic E-state index is 9.76. The lowest BCUT2D eigenvalue weighted by Crippen LogP contribution is -2.15. The van der Waals surface area contributed by atoms with Crippen molar-refractivity contribution in [1.82, 2.24) is 15.0 Å². The summed E-state index contributed by atoms with van der Waals surface area (Å²) in [6.07, 6.45) is 0.189. The molecule has 4 rings (SSSR count). The summed E-state index contributed by atoms with van der Waals surface area (Å²) < 4.78 is 5.69. The van der Waals surface area contributed by atoms with Gasteiger partial charge in [0.1, 0.15) is 12.4 Å². The highest BCUT2D eigenvalue weighted by molar-refractivity contribution is 5.69. The third kappa shape index (κ3) is 5.32. The van der Waals surface area contributed by atoms with Crippen LogP contribution in [0.1, 0.15) is 35.6 Å². The average molecular weight is 454 g/mol. The summed E-state index contributed by atoms with van der Waals surface area (Å²) in [6.45, 7) is 10.5. The third-order valence-electron chi connectivity index (χ3n) is 5.91. The van der Waals surface area contributed by atoms with Gasteiger partial charge in [-0.25, -0.2) is 15.0 Å². The molecule has 1 unspecified atom stereocenters. The van der Waals surface area contributed by atoms with Gasteiger partial charge < -0.3 is 9.84 Å². The first-order valence-corrected chi connectivity index (χ1v) is 11.7. The Hall–Kier alpha value is -3.57. The second kappa shape index (κ2) is 10.1. The van der Waals surface area contributed by atoms with Gasteiger partial charge in [0.15, 0.2) is 17.5 Å². The van der Waals surface area contributed by atoms with E-state index < -0.39 is 6.10 Å². The number of aromatic nitrogens is 3. The van der Waals surface area contributed by atoms with E-state index in [-0.39, 0.29) is 6.61 Å². The average Bonchev–Trinajstić information content (AvgIpc) is 2.82. The Balaban J connectivity index is 1.79. The number of aliphatic hydroxyl groups is 1. The van der Waals surface area contributed by atoms with Crippen LogP contribution < -0.4 is 4.74 Å². The fourth-order valence-electron chi connectivity index (χ4n) is 3.89. The van der Waals surface area contributed by atoms with Crippen molar-refractivity contribution < 1.29 is 9.84 Å². The van der Waals surface area contributed by atoms with E-state index >= 15 is 0 Å². The van der Waals surface area contributed by atoms with E-state index in [4.69, 9.17) is 19.7 Å². The number of hydrogen-bond acceptors (Lipinski definition) is 5. The topological polar surface area (TPSA) is 68.1 Å². The zero-order valence-corrected chi connectivity index (χ0v) is 20.5. The molecule has 0 aliphatic carbocycles. The Morgan fingerprint density at radius 2 is 1.21 bits per heavy atom. The molecule has 1 N–H and O–H groups in total. The van der Waals surface area contributed by atoms with Gasteiger partial charge in [0.05, 0.1) is 6.10 Å². The molecule has 0 spiro atoms. The number of nitrogens with zero attached hydrogens (tertiary/aromatic N) is 3. The van der Waals surface area contributed by atoms with Crippen molar-refractivity contribution in [2.75, 3.05) is 6.61 Å². The van der Waals surface area contributed by atoms with Gasteiger partial charge in [-0.3, -0.25) is 0 Å². The highest BCUT2D eigenvalue weighted by Crippen LogP contribution is 2.29. The van der Waals surface area contributed by atoms with Crippen molar-refractivity contribution in [2.45, 2.75) is 47.1 Å². The Labute approximate surface area is 201 Å². The van der Waals surface area contributed by atoms with Crippen LogP contribution in [0.2, 0.25) is 0 Å². The minimum absolute atomic E-state index is 0.273. The van der Waals surface area contributed by atoms with Gasteiger partial charge in [0.25, 0.3) is 0 Å². The molecule has 34 heavy (non-hydrogen) atoms. The summed E-state index contributed by atoms with van der Waals surface area (Å²) in [6, 6.07) is 20.3. The second-order valence-electron chi connectivity index (χ2n) is 8.84. The molecule has 0 fully saturated rings. The molecule has 1 atom stereocenters. The van der Waals surface area contributed by atoms with E-state index in [1.54, 1.807) is 0 Å². The summed E-state index contributed by atoms with van der Waals surface area (Å²) >= 11 is 0. The Morgan fingerprint density at radius 3 is 1.68 bits per heavy atom. The SMILES string of the molecule is CCC(O)COc1ccc(-c2nc(-c3ccc(C)cc3C)nc(-c3ccc(C)cc3C)n2)cc1. The van der Waals surface area contributed by atoms with Gasteiger partial charge in [-0.1, -0.05) is 54.4 Å². The second-order valence-corrected chi connectivity index (χ2v) is 8.84. The van der Waals surface area contributed by atoms with Crippen LogP contribution in [-0.4, -0.2) is 32.8 Å². The van der Waals surface area contributed by atoms with Gasteiger partial charge in [0.2, 0.25) is 0 Å². The summed E-state index contributed by atoms with van der Waals surface area (Å²) in [5.74, 6) is 2.63. The fourth-order valence-corrected chi connectivity index (χ4v) is 3.89. The molecule has 0 amide bonds. The molecule has 3 aromatic carbocycles. The van der Waals surface area contributed by atoms with Crippen LogP contribution >= 0.6 is 0 Å². The molecule has 0 bridgehead atoms. The third-order valence-corrected chi connectivity index (χ3v) is 5.91. The molecule has 0 radical (unpaired) electrons. The first kappa shape index (κ1) is 23.6. The monoisotopic (exact) mass is 453 g/mol. The van der Waals surface area contributed by atoms with Crippen LogP contribution in [0.4, 0.5) is 0 Å². The number of aryl methyl sites for hydroxylation is 4. The van der Waals surface area contributed by atoms with Gasteiger partial charge >= 0.3 is 0 Å². The summed E-state index contributed by atoms with van der Waals surface area (Å²) in [5, 5.41) is 9.76. The molecule has 1 aromatic heterocycles. The number of ether oxygens (including phenoxy) is 1. The molecule has 0 saturated heterocycles. The number of benzene rings is 3. The van der Waals surface area contributed by atoms with Gasteiger partial charge in [-0.15, -0.1) is 0 Å². The lowest BCUT2D eigenvalue weighted by Gasteiger charge is -2.13. The largest absolute Gasteiger partial charge is 0.491 e. The molecule has 174 valence electrons. The first-order valence-electron chi connectivity index (χ1n) is 11.7. The maximum Gasteiger partial charge on any atom is 0.164 e. The maximum absolute atomic E-state index is 9.76. The molecule has 5 nitrogen and oxygen atoms in total. The summed E-state index contributed by atoms with van der Waals surface area (Å²) in [4.78, 5) is 14.6. The summed E-state index contributed by atoms with van der Waals surface area (Å²) in [7, 11) is 0. The van der Waals surface area contributed by atoms with E-state index in [1.807, 2.05) is 31.2 Å². The van der Waals surface area contributed by atoms with Crippen molar-refractivity contribution in [1.29, 1.82) is 0 Å². The zero-order chi connectivity index (χ0) is 24.2. The van der Waals surface area contributed by atoms with Crippen molar-refractivity contribution in [3.05, 3.63) is 82.9 Å². The lowest BCUT2D eigenvalue weighted by molar-refractivity contribution is 0.104. The molecule has 4 aromatic rings. The highest BCUT2D eigenvalue weighted by Gasteiger charge is 2.15.